The van der Waals surface area contributed by atoms with Crippen molar-refractivity contribution in [2.24, 2.45) is 0 Å². The molecule has 0 spiro atoms. The van der Waals surface area contributed by atoms with Crippen LogP contribution in [0.3, 0.4) is 0 Å². The van der Waals surface area contributed by atoms with E-state index in [4.69, 9.17) is 9.40 Å². The molecule has 2 aromatic carbocycles. The molecule has 1 unspecified atom stereocenters. The zero-order valence-electron chi connectivity index (χ0n) is 17.9. The van der Waals surface area contributed by atoms with Gasteiger partial charge in [-0.25, -0.2) is 4.98 Å². The summed E-state index contributed by atoms with van der Waals surface area (Å²) < 4.78 is 7.00. The van der Waals surface area contributed by atoms with Crippen molar-refractivity contribution in [1.29, 1.82) is 0 Å². The first-order valence-corrected chi connectivity index (χ1v) is 10.4. The zero-order valence-corrected chi connectivity index (χ0v) is 17.9. The quantitative estimate of drug-likeness (QED) is 0.449. The van der Waals surface area contributed by atoms with Crippen molar-refractivity contribution in [1.82, 2.24) is 14.5 Å². The SMILES string of the molecule is CCCN(C(=O)c1ccco1)C(C)c1nc2ccccc2c(=O)n1-c1ccccc1C. The first-order chi connectivity index (χ1) is 15.0. The molecule has 4 aromatic rings. The average molecular weight is 415 g/mol. The predicted molar refractivity (Wildman–Crippen MR) is 121 cm³/mol. The molecule has 0 bridgehead atoms. The Morgan fingerprint density at radius 2 is 1.84 bits per heavy atom. The van der Waals surface area contributed by atoms with Gasteiger partial charge in [0, 0.05) is 6.54 Å². The molecule has 158 valence electrons. The Bertz CT molecular complexity index is 1270. The highest BCUT2D eigenvalue weighted by atomic mass is 16.3. The van der Waals surface area contributed by atoms with Crippen LogP contribution in [-0.2, 0) is 0 Å². The summed E-state index contributed by atoms with van der Waals surface area (Å²) in [6, 6.07) is 17.9. The van der Waals surface area contributed by atoms with Crippen molar-refractivity contribution < 1.29 is 9.21 Å². The van der Waals surface area contributed by atoms with Crippen molar-refractivity contribution >= 4 is 16.8 Å². The fraction of sp³-hybridized carbons (Fsp3) is 0.240. The molecule has 31 heavy (non-hydrogen) atoms. The number of amides is 1. The van der Waals surface area contributed by atoms with Crippen LogP contribution in [0.25, 0.3) is 16.6 Å². The number of benzene rings is 2. The molecule has 4 rings (SSSR count). The largest absolute Gasteiger partial charge is 0.459 e. The normalized spacial score (nSPS) is 12.1. The lowest BCUT2D eigenvalue weighted by molar-refractivity contribution is 0.0648. The van der Waals surface area contributed by atoms with Crippen LogP contribution in [0.1, 0.15) is 48.3 Å². The smallest absolute Gasteiger partial charge is 0.290 e. The Morgan fingerprint density at radius 1 is 1.10 bits per heavy atom. The topological polar surface area (TPSA) is 68.3 Å². The van der Waals surface area contributed by atoms with E-state index >= 15 is 0 Å². The zero-order chi connectivity index (χ0) is 22.0. The van der Waals surface area contributed by atoms with E-state index in [1.807, 2.05) is 63.2 Å². The van der Waals surface area contributed by atoms with E-state index in [1.54, 1.807) is 27.7 Å². The summed E-state index contributed by atoms with van der Waals surface area (Å²) in [6.07, 6.45) is 2.25. The first kappa shape index (κ1) is 20.6. The van der Waals surface area contributed by atoms with E-state index in [0.29, 0.717) is 23.3 Å². The molecule has 0 N–H and O–H groups in total. The van der Waals surface area contributed by atoms with Gasteiger partial charge in [-0.15, -0.1) is 0 Å². The van der Waals surface area contributed by atoms with Gasteiger partial charge in [0.2, 0.25) is 0 Å². The van der Waals surface area contributed by atoms with Gasteiger partial charge in [-0.2, -0.15) is 0 Å². The molecule has 0 aliphatic heterocycles. The van der Waals surface area contributed by atoms with Crippen LogP contribution in [0, 0.1) is 6.92 Å². The van der Waals surface area contributed by atoms with Crippen molar-refractivity contribution in [3.63, 3.8) is 0 Å². The summed E-state index contributed by atoms with van der Waals surface area (Å²) in [5.74, 6) is 0.565. The molecule has 6 nitrogen and oxygen atoms in total. The van der Waals surface area contributed by atoms with Gasteiger partial charge < -0.3 is 9.32 Å². The molecule has 6 heteroatoms. The van der Waals surface area contributed by atoms with Crippen molar-refractivity contribution in [2.45, 2.75) is 33.2 Å². The van der Waals surface area contributed by atoms with Crippen LogP contribution in [0.2, 0.25) is 0 Å². The van der Waals surface area contributed by atoms with Crippen LogP contribution in [0.5, 0.6) is 0 Å². The summed E-state index contributed by atoms with van der Waals surface area (Å²) in [5.41, 5.74) is 2.17. The van der Waals surface area contributed by atoms with Crippen LogP contribution >= 0.6 is 0 Å². The number of nitrogens with zero attached hydrogens (tertiary/aromatic N) is 3. The lowest BCUT2D eigenvalue weighted by Crippen LogP contribution is -2.38. The van der Waals surface area contributed by atoms with Gasteiger partial charge in [0.15, 0.2) is 5.76 Å². The van der Waals surface area contributed by atoms with Crippen LogP contribution in [-0.4, -0.2) is 26.9 Å². The number of fused-ring (bicyclic) bond motifs is 1. The van der Waals surface area contributed by atoms with Crippen LogP contribution in [0.4, 0.5) is 0 Å². The van der Waals surface area contributed by atoms with E-state index in [9.17, 15) is 9.59 Å². The predicted octanol–water partition coefficient (Wildman–Crippen LogP) is 4.90. The molecule has 0 radical (unpaired) electrons. The lowest BCUT2D eigenvalue weighted by atomic mass is 10.1. The third-order valence-corrected chi connectivity index (χ3v) is 5.46. The number of hydrogen-bond donors (Lipinski definition) is 0. The summed E-state index contributed by atoms with van der Waals surface area (Å²) >= 11 is 0. The monoisotopic (exact) mass is 415 g/mol. The van der Waals surface area contributed by atoms with Gasteiger partial charge in [-0.1, -0.05) is 37.3 Å². The molecule has 2 aromatic heterocycles. The van der Waals surface area contributed by atoms with Crippen molar-refractivity contribution in [3.8, 4) is 5.69 Å². The maximum absolute atomic E-state index is 13.6. The van der Waals surface area contributed by atoms with Gasteiger partial charge in [-0.05, 0) is 56.2 Å². The lowest BCUT2D eigenvalue weighted by Gasteiger charge is -2.30. The van der Waals surface area contributed by atoms with Gasteiger partial charge in [-0.3, -0.25) is 14.2 Å². The number of hydrogen-bond acceptors (Lipinski definition) is 4. The Balaban J connectivity index is 1.95. The highest BCUT2D eigenvalue weighted by Crippen LogP contribution is 2.25. The molecular formula is C25H25N3O3. The van der Waals surface area contributed by atoms with Crippen LogP contribution in [0.15, 0.2) is 76.1 Å². The fourth-order valence-electron chi connectivity index (χ4n) is 3.87. The third kappa shape index (κ3) is 3.77. The van der Waals surface area contributed by atoms with Crippen molar-refractivity contribution in [2.75, 3.05) is 6.54 Å². The maximum Gasteiger partial charge on any atom is 0.290 e. The Labute approximate surface area is 180 Å². The number of carbonyl (C=O) groups excluding carboxylic acids is 1. The number of rotatable bonds is 6. The number of para-hydroxylation sites is 2. The molecule has 0 saturated carbocycles. The highest BCUT2D eigenvalue weighted by Gasteiger charge is 2.28. The number of aryl methyl sites for hydroxylation is 1. The number of furan rings is 1. The summed E-state index contributed by atoms with van der Waals surface area (Å²) in [5, 5.41) is 0.543. The average Bonchev–Trinajstić information content (AvgIpc) is 3.32. The molecule has 0 aliphatic rings. The molecule has 1 amide bonds. The Kier molecular flexibility index (Phi) is 5.71. The Morgan fingerprint density at radius 3 is 2.55 bits per heavy atom. The molecule has 0 saturated heterocycles. The molecule has 0 fully saturated rings. The Hall–Kier alpha value is -3.67. The van der Waals surface area contributed by atoms with E-state index in [1.165, 1.54) is 6.26 Å². The van der Waals surface area contributed by atoms with Gasteiger partial charge >= 0.3 is 0 Å². The number of carbonyl (C=O) groups is 1. The van der Waals surface area contributed by atoms with E-state index in [0.717, 1.165) is 17.7 Å². The van der Waals surface area contributed by atoms with E-state index < -0.39 is 6.04 Å². The molecular weight excluding hydrogens is 390 g/mol. The standard InChI is InChI=1S/C25H25N3O3/c1-4-15-27(25(30)22-14-9-16-31-22)18(3)23-26-20-12-7-6-11-19(20)24(29)28(23)21-13-8-5-10-17(21)2/h5-14,16,18H,4,15H2,1-3H3. The summed E-state index contributed by atoms with van der Waals surface area (Å²) in [6.45, 7) is 6.39. The number of aromatic nitrogens is 2. The third-order valence-electron chi connectivity index (χ3n) is 5.46. The van der Waals surface area contributed by atoms with Crippen LogP contribution < -0.4 is 5.56 Å². The minimum atomic E-state index is -0.450. The molecule has 2 heterocycles. The fourth-order valence-corrected chi connectivity index (χ4v) is 3.87. The molecule has 1 atom stereocenters. The van der Waals surface area contributed by atoms with E-state index in [-0.39, 0.29) is 17.2 Å². The summed E-state index contributed by atoms with van der Waals surface area (Å²) in [4.78, 5) is 33.3. The maximum atomic E-state index is 13.6. The van der Waals surface area contributed by atoms with Gasteiger partial charge in [0.05, 0.1) is 28.9 Å². The van der Waals surface area contributed by atoms with Gasteiger partial charge in [0.25, 0.3) is 11.5 Å². The minimum absolute atomic E-state index is 0.149. The second-order valence-corrected chi connectivity index (χ2v) is 7.57. The second kappa shape index (κ2) is 8.60. The van der Waals surface area contributed by atoms with E-state index in [2.05, 4.69) is 0 Å². The van der Waals surface area contributed by atoms with Crippen molar-refractivity contribution in [3.05, 3.63) is 94.4 Å². The minimum Gasteiger partial charge on any atom is -0.459 e. The molecule has 0 aliphatic carbocycles. The first-order valence-electron chi connectivity index (χ1n) is 10.4. The summed E-state index contributed by atoms with van der Waals surface area (Å²) in [7, 11) is 0. The second-order valence-electron chi connectivity index (χ2n) is 7.57. The highest BCUT2D eigenvalue weighted by molar-refractivity contribution is 5.91. The van der Waals surface area contributed by atoms with Gasteiger partial charge in [0.1, 0.15) is 5.82 Å².